The Kier molecular flexibility index (Phi) is 9.58. The first kappa shape index (κ1) is 29.3. The van der Waals surface area contributed by atoms with Crippen LogP contribution in [0.1, 0.15) is 55.8 Å². The minimum absolute atomic E-state index is 0.0198. The van der Waals surface area contributed by atoms with Crippen LogP contribution in [0.15, 0.2) is 65.6 Å². The van der Waals surface area contributed by atoms with Crippen molar-refractivity contribution in [3.63, 3.8) is 0 Å². The number of benzene rings is 3. The van der Waals surface area contributed by atoms with Crippen molar-refractivity contribution in [2.45, 2.75) is 56.9 Å². The van der Waals surface area contributed by atoms with E-state index in [9.17, 15) is 13.2 Å². The van der Waals surface area contributed by atoms with E-state index in [2.05, 4.69) is 23.5 Å². The van der Waals surface area contributed by atoms with E-state index in [1.54, 1.807) is 24.3 Å². The molecule has 214 valence electrons. The van der Waals surface area contributed by atoms with Gasteiger partial charge < -0.3 is 19.5 Å². The lowest BCUT2D eigenvalue weighted by Crippen LogP contribution is -2.42. The van der Waals surface area contributed by atoms with Crippen molar-refractivity contribution in [2.75, 3.05) is 31.7 Å². The predicted molar refractivity (Wildman–Crippen MR) is 156 cm³/mol. The van der Waals surface area contributed by atoms with E-state index in [-0.39, 0.29) is 16.7 Å². The number of ether oxygens (including phenoxy) is 3. The van der Waals surface area contributed by atoms with Gasteiger partial charge in [-0.25, -0.2) is 8.42 Å². The molecule has 40 heavy (non-hydrogen) atoms. The number of fused-ring (bicyclic) bond motifs is 1. The quantitative estimate of drug-likeness (QED) is 0.314. The second-order valence-corrected chi connectivity index (χ2v) is 11.6. The summed E-state index contributed by atoms with van der Waals surface area (Å²) in [6.45, 7) is 3.97. The molecular weight excluding hydrogens is 528 g/mol. The number of sulfonamides is 1. The van der Waals surface area contributed by atoms with Crippen LogP contribution in [0.25, 0.3) is 0 Å². The van der Waals surface area contributed by atoms with Gasteiger partial charge in [0.25, 0.3) is 10.0 Å². The molecule has 0 unspecified atom stereocenters. The molecule has 0 fully saturated rings. The monoisotopic (exact) mass is 566 g/mol. The van der Waals surface area contributed by atoms with E-state index in [4.69, 9.17) is 14.2 Å². The summed E-state index contributed by atoms with van der Waals surface area (Å²) in [5.74, 6) is 0.890. The van der Waals surface area contributed by atoms with Gasteiger partial charge in [-0.15, -0.1) is 0 Å². The highest BCUT2D eigenvalue weighted by atomic mass is 32.2. The molecule has 0 bridgehead atoms. The van der Waals surface area contributed by atoms with Crippen molar-refractivity contribution >= 4 is 21.6 Å². The Morgan fingerprint density at radius 3 is 2.25 bits per heavy atom. The third-order valence-electron chi connectivity index (χ3n) is 7.18. The lowest BCUT2D eigenvalue weighted by Gasteiger charge is -2.26. The molecule has 8 nitrogen and oxygen atoms in total. The summed E-state index contributed by atoms with van der Waals surface area (Å²) in [6, 6.07) is 17.2. The minimum Gasteiger partial charge on any atom is -0.494 e. The molecule has 0 saturated heterocycles. The first-order valence-electron chi connectivity index (χ1n) is 13.7. The van der Waals surface area contributed by atoms with E-state index >= 15 is 0 Å². The first-order valence-corrected chi connectivity index (χ1v) is 15.1. The van der Waals surface area contributed by atoms with Crippen molar-refractivity contribution in [1.82, 2.24) is 5.32 Å². The molecule has 1 aliphatic rings. The van der Waals surface area contributed by atoms with Crippen molar-refractivity contribution in [2.24, 2.45) is 0 Å². The fraction of sp³-hybridized carbons (Fsp3) is 0.387. The summed E-state index contributed by atoms with van der Waals surface area (Å²) in [6.07, 6.45) is 5.18. The van der Waals surface area contributed by atoms with Crippen LogP contribution in [0.3, 0.4) is 0 Å². The number of amides is 1. The number of nitrogens with zero attached hydrogens (tertiary/aromatic N) is 1. The van der Waals surface area contributed by atoms with Crippen molar-refractivity contribution in [3.05, 3.63) is 77.4 Å². The summed E-state index contributed by atoms with van der Waals surface area (Å²) in [7, 11) is -1.23. The van der Waals surface area contributed by atoms with Crippen LogP contribution in [-0.2, 0) is 27.7 Å². The lowest BCUT2D eigenvalue weighted by atomic mass is 9.89. The molecule has 0 spiro atoms. The number of methoxy groups -OCH3 is 2. The number of carbonyl (C=O) groups is 1. The van der Waals surface area contributed by atoms with Gasteiger partial charge in [-0.2, -0.15) is 0 Å². The second kappa shape index (κ2) is 13.1. The summed E-state index contributed by atoms with van der Waals surface area (Å²) >= 11 is 0. The topological polar surface area (TPSA) is 94.2 Å². The van der Waals surface area contributed by atoms with Gasteiger partial charge in [0, 0.05) is 6.07 Å². The van der Waals surface area contributed by atoms with E-state index in [0.717, 1.165) is 22.7 Å². The van der Waals surface area contributed by atoms with Crippen LogP contribution in [0, 0.1) is 0 Å². The van der Waals surface area contributed by atoms with Gasteiger partial charge >= 0.3 is 0 Å². The van der Waals surface area contributed by atoms with Crippen molar-refractivity contribution in [3.8, 4) is 17.2 Å². The zero-order valence-electron chi connectivity index (χ0n) is 23.6. The Labute approximate surface area is 237 Å². The number of hydrogen-bond donors (Lipinski definition) is 1. The third-order valence-corrected chi connectivity index (χ3v) is 8.95. The van der Waals surface area contributed by atoms with Crippen LogP contribution >= 0.6 is 0 Å². The largest absolute Gasteiger partial charge is 0.494 e. The van der Waals surface area contributed by atoms with Gasteiger partial charge in [0.15, 0.2) is 11.5 Å². The van der Waals surface area contributed by atoms with Crippen molar-refractivity contribution < 1.29 is 27.4 Å². The minimum atomic E-state index is -4.15. The zero-order valence-corrected chi connectivity index (χ0v) is 24.4. The Morgan fingerprint density at radius 2 is 1.60 bits per heavy atom. The lowest BCUT2D eigenvalue weighted by molar-refractivity contribution is -0.120. The summed E-state index contributed by atoms with van der Waals surface area (Å²) in [4.78, 5) is 13.4. The number of anilines is 1. The molecular formula is C31H38N2O6S. The first-order chi connectivity index (χ1) is 19.3. The van der Waals surface area contributed by atoms with Crippen LogP contribution in [-0.4, -0.2) is 41.7 Å². The van der Waals surface area contributed by atoms with Gasteiger partial charge in [-0.05, 0) is 92.1 Å². The Morgan fingerprint density at radius 1 is 0.900 bits per heavy atom. The number of nitrogens with one attached hydrogen (secondary N) is 1. The molecule has 0 aromatic heterocycles. The fourth-order valence-electron chi connectivity index (χ4n) is 5.06. The average Bonchev–Trinajstić information content (AvgIpc) is 2.98. The molecule has 0 aliphatic heterocycles. The average molecular weight is 567 g/mol. The number of rotatable bonds is 12. The predicted octanol–water partition coefficient (Wildman–Crippen LogP) is 5.44. The van der Waals surface area contributed by atoms with Gasteiger partial charge in [0.1, 0.15) is 12.3 Å². The highest BCUT2D eigenvalue weighted by Crippen LogP contribution is 2.33. The zero-order chi connectivity index (χ0) is 28.7. The number of hydrogen-bond acceptors (Lipinski definition) is 6. The maximum Gasteiger partial charge on any atom is 0.264 e. The second-order valence-electron chi connectivity index (χ2n) is 9.72. The van der Waals surface area contributed by atoms with Crippen LogP contribution in [0.5, 0.6) is 17.2 Å². The number of carbonyl (C=O) groups excluding carboxylic acids is 1. The van der Waals surface area contributed by atoms with Gasteiger partial charge in [0.05, 0.1) is 37.5 Å². The Bertz CT molecular complexity index is 1420. The van der Waals surface area contributed by atoms with E-state index in [1.807, 2.05) is 13.8 Å². The molecule has 0 saturated carbocycles. The van der Waals surface area contributed by atoms with Crippen LogP contribution in [0.4, 0.5) is 5.69 Å². The third kappa shape index (κ3) is 6.53. The summed E-state index contributed by atoms with van der Waals surface area (Å²) < 4.78 is 45.1. The smallest absolute Gasteiger partial charge is 0.264 e. The fourth-order valence-corrected chi connectivity index (χ4v) is 6.49. The molecule has 1 atom stereocenters. The van der Waals surface area contributed by atoms with Crippen molar-refractivity contribution in [1.29, 1.82) is 0 Å². The SMILES string of the molecule is CCOc1ccc(N(CC(=O)N[C@@H](CC)c2ccc3c(c2)CCCC3)S(=O)(=O)c2ccc(OC)c(OC)c2)cc1. The molecule has 1 aliphatic carbocycles. The molecule has 3 aromatic rings. The molecule has 4 rings (SSSR count). The molecule has 0 heterocycles. The summed E-state index contributed by atoms with van der Waals surface area (Å²) in [5, 5.41) is 3.07. The molecule has 3 aromatic carbocycles. The standard InChI is InChI=1S/C31H38N2O6S/c1-5-28(24-12-11-22-9-7-8-10-23(22)19-24)32-31(34)21-33(25-13-15-26(16-14-25)39-6-2)40(35,36)27-17-18-29(37-3)30(20-27)38-4/h11-20,28H,5-10,21H2,1-4H3,(H,32,34)/t28-/m0/s1. The molecule has 9 heteroatoms. The maximum absolute atomic E-state index is 14.0. The van der Waals surface area contributed by atoms with Gasteiger partial charge in [0.2, 0.25) is 5.91 Å². The number of aryl methyl sites for hydroxylation is 2. The van der Waals surface area contributed by atoms with Crippen LogP contribution in [0.2, 0.25) is 0 Å². The molecule has 1 amide bonds. The van der Waals surface area contributed by atoms with E-state index in [1.165, 1.54) is 56.4 Å². The highest BCUT2D eigenvalue weighted by Gasteiger charge is 2.29. The maximum atomic E-state index is 14.0. The summed E-state index contributed by atoms with van der Waals surface area (Å²) in [5.41, 5.74) is 4.09. The normalized spacial score (nSPS) is 13.6. The molecule has 0 radical (unpaired) electrons. The van der Waals surface area contributed by atoms with E-state index < -0.39 is 22.5 Å². The van der Waals surface area contributed by atoms with Crippen LogP contribution < -0.4 is 23.8 Å². The van der Waals surface area contributed by atoms with E-state index in [0.29, 0.717) is 30.2 Å². The Balaban J connectivity index is 1.63. The van der Waals surface area contributed by atoms with Gasteiger partial charge in [-0.3, -0.25) is 9.10 Å². The Hall–Kier alpha value is -3.72. The molecule has 1 N–H and O–H groups in total. The van der Waals surface area contributed by atoms with Gasteiger partial charge in [-0.1, -0.05) is 25.1 Å². The highest BCUT2D eigenvalue weighted by molar-refractivity contribution is 7.92.